The molecule has 0 radical (unpaired) electrons. The number of nitrogens with zero attached hydrogens (tertiary/aromatic N) is 5. The summed E-state index contributed by atoms with van der Waals surface area (Å²) in [5.41, 5.74) is 2.31. The van der Waals surface area contributed by atoms with Crippen molar-refractivity contribution in [1.29, 1.82) is 0 Å². The highest BCUT2D eigenvalue weighted by molar-refractivity contribution is 5.45. The Balaban J connectivity index is 1.64. The molecule has 0 bridgehead atoms. The van der Waals surface area contributed by atoms with E-state index in [1.807, 2.05) is 35.4 Å². The smallest absolute Gasteiger partial charge is 0.195 e. The maximum Gasteiger partial charge on any atom is 0.195 e. The van der Waals surface area contributed by atoms with Gasteiger partial charge in [0.05, 0.1) is 12.5 Å². The molecule has 0 aliphatic heterocycles. The minimum atomic E-state index is 0.386. The van der Waals surface area contributed by atoms with Gasteiger partial charge in [-0.2, -0.15) is 5.10 Å². The van der Waals surface area contributed by atoms with E-state index in [0.29, 0.717) is 17.6 Å². The lowest BCUT2D eigenvalue weighted by Gasteiger charge is -2.19. The highest BCUT2D eigenvalue weighted by Crippen LogP contribution is 2.15. The van der Waals surface area contributed by atoms with Crippen LogP contribution < -0.4 is 0 Å². The molecule has 0 aliphatic rings. The van der Waals surface area contributed by atoms with Crippen molar-refractivity contribution < 1.29 is 4.42 Å². The van der Waals surface area contributed by atoms with E-state index in [4.69, 9.17) is 4.42 Å². The molecule has 0 aromatic carbocycles. The van der Waals surface area contributed by atoms with Crippen LogP contribution >= 0.6 is 0 Å². The van der Waals surface area contributed by atoms with E-state index in [1.54, 1.807) is 6.26 Å². The molecule has 126 valence electrons. The number of rotatable bonds is 7. The summed E-state index contributed by atoms with van der Waals surface area (Å²) in [6, 6.07) is 4.08. The van der Waals surface area contributed by atoms with Gasteiger partial charge >= 0.3 is 0 Å². The minimum Gasteiger partial charge on any atom is -0.461 e. The molecule has 3 heterocycles. The van der Waals surface area contributed by atoms with Gasteiger partial charge in [-0.15, -0.1) is 0 Å². The van der Waals surface area contributed by atoms with Crippen molar-refractivity contribution in [3.8, 4) is 11.6 Å². The first-order chi connectivity index (χ1) is 11.7. The van der Waals surface area contributed by atoms with Gasteiger partial charge in [-0.3, -0.25) is 9.58 Å². The van der Waals surface area contributed by atoms with Gasteiger partial charge < -0.3 is 4.42 Å². The van der Waals surface area contributed by atoms with Crippen LogP contribution in [-0.2, 0) is 13.1 Å². The molecule has 3 aromatic heterocycles. The third kappa shape index (κ3) is 3.89. The summed E-state index contributed by atoms with van der Waals surface area (Å²) in [5.74, 6) is 1.31. The van der Waals surface area contributed by atoms with Crippen molar-refractivity contribution in [2.75, 3.05) is 6.54 Å². The molecule has 0 unspecified atom stereocenters. The predicted octanol–water partition coefficient (Wildman–Crippen LogP) is 3.54. The number of furan rings is 1. The van der Waals surface area contributed by atoms with Crippen LogP contribution in [0, 0.1) is 0 Å². The molecule has 24 heavy (non-hydrogen) atoms. The van der Waals surface area contributed by atoms with Crippen LogP contribution in [0.2, 0.25) is 0 Å². The average molecular weight is 325 g/mol. The highest BCUT2D eigenvalue weighted by Gasteiger charge is 2.10. The summed E-state index contributed by atoms with van der Waals surface area (Å²) in [5, 5.41) is 4.41. The summed E-state index contributed by atoms with van der Waals surface area (Å²) >= 11 is 0. The predicted molar refractivity (Wildman–Crippen MR) is 92.1 cm³/mol. The Bertz CT molecular complexity index is 746. The Morgan fingerprint density at radius 1 is 1.12 bits per heavy atom. The number of hydrogen-bond acceptors (Lipinski definition) is 5. The molecule has 3 aromatic rings. The SMILES string of the molecule is CCN(Cc1cnc(-c2ccco2)nc1)Cc1cnn(C(C)C)c1. The summed E-state index contributed by atoms with van der Waals surface area (Å²) in [6.07, 6.45) is 9.42. The zero-order valence-corrected chi connectivity index (χ0v) is 14.4. The van der Waals surface area contributed by atoms with Crippen molar-refractivity contribution in [3.05, 3.63) is 54.3 Å². The Morgan fingerprint density at radius 2 is 1.88 bits per heavy atom. The molecule has 0 saturated heterocycles. The molecular weight excluding hydrogens is 302 g/mol. The van der Waals surface area contributed by atoms with E-state index in [2.05, 4.69) is 46.9 Å². The maximum atomic E-state index is 5.32. The van der Waals surface area contributed by atoms with Crippen molar-refractivity contribution in [2.24, 2.45) is 0 Å². The second-order valence-electron chi connectivity index (χ2n) is 6.12. The van der Waals surface area contributed by atoms with E-state index >= 15 is 0 Å². The van der Waals surface area contributed by atoms with Crippen LogP contribution in [0.4, 0.5) is 0 Å². The number of hydrogen-bond donors (Lipinski definition) is 0. The van der Waals surface area contributed by atoms with Gasteiger partial charge in [0, 0.05) is 48.8 Å². The lowest BCUT2D eigenvalue weighted by Crippen LogP contribution is -2.22. The first kappa shape index (κ1) is 16.4. The lowest BCUT2D eigenvalue weighted by atomic mass is 10.2. The molecular formula is C18H23N5O. The van der Waals surface area contributed by atoms with Crippen LogP contribution in [0.1, 0.15) is 37.9 Å². The molecule has 0 fully saturated rings. The van der Waals surface area contributed by atoms with Gasteiger partial charge in [0.15, 0.2) is 11.6 Å². The van der Waals surface area contributed by atoms with Crippen LogP contribution in [0.15, 0.2) is 47.6 Å². The monoisotopic (exact) mass is 325 g/mol. The van der Waals surface area contributed by atoms with Crippen LogP contribution in [0.3, 0.4) is 0 Å². The van der Waals surface area contributed by atoms with E-state index in [0.717, 1.165) is 25.2 Å². The topological polar surface area (TPSA) is 60.0 Å². The fourth-order valence-electron chi connectivity index (χ4n) is 2.51. The third-order valence-electron chi connectivity index (χ3n) is 3.89. The molecule has 0 atom stereocenters. The fourth-order valence-corrected chi connectivity index (χ4v) is 2.51. The minimum absolute atomic E-state index is 0.386. The Hall–Kier alpha value is -2.47. The fraction of sp³-hybridized carbons (Fsp3) is 0.389. The molecule has 0 N–H and O–H groups in total. The first-order valence-electron chi connectivity index (χ1n) is 8.26. The van der Waals surface area contributed by atoms with Gasteiger partial charge in [0.25, 0.3) is 0 Å². The summed E-state index contributed by atoms with van der Waals surface area (Å²) in [7, 11) is 0. The molecule has 3 rings (SSSR count). The summed E-state index contributed by atoms with van der Waals surface area (Å²) in [4.78, 5) is 11.1. The molecule has 0 saturated carbocycles. The Morgan fingerprint density at radius 3 is 2.46 bits per heavy atom. The van der Waals surface area contributed by atoms with Crippen molar-refractivity contribution in [1.82, 2.24) is 24.6 Å². The maximum absolute atomic E-state index is 5.32. The second kappa shape index (κ2) is 7.40. The van der Waals surface area contributed by atoms with Gasteiger partial charge in [-0.05, 0) is 32.5 Å². The van der Waals surface area contributed by atoms with E-state index < -0.39 is 0 Å². The number of aromatic nitrogens is 4. The largest absolute Gasteiger partial charge is 0.461 e. The van der Waals surface area contributed by atoms with Gasteiger partial charge in [-0.25, -0.2) is 9.97 Å². The van der Waals surface area contributed by atoms with Crippen LogP contribution in [-0.4, -0.2) is 31.2 Å². The Labute approximate surface area is 142 Å². The molecule has 6 nitrogen and oxygen atoms in total. The molecule has 6 heteroatoms. The first-order valence-corrected chi connectivity index (χ1v) is 8.26. The van der Waals surface area contributed by atoms with Crippen molar-refractivity contribution >= 4 is 0 Å². The standard InChI is InChI=1S/C18H23N5O/c1-4-22(12-16-10-21-23(13-16)14(2)3)11-15-8-19-18(20-9-15)17-6-5-7-24-17/h5-10,13-14H,4,11-12H2,1-3H3. The van der Waals surface area contributed by atoms with Gasteiger partial charge in [0.1, 0.15) is 0 Å². The van der Waals surface area contributed by atoms with Gasteiger partial charge in [0.2, 0.25) is 0 Å². The van der Waals surface area contributed by atoms with E-state index in [9.17, 15) is 0 Å². The quantitative estimate of drug-likeness (QED) is 0.665. The van der Waals surface area contributed by atoms with Crippen LogP contribution in [0.25, 0.3) is 11.6 Å². The lowest BCUT2D eigenvalue weighted by molar-refractivity contribution is 0.270. The zero-order valence-electron chi connectivity index (χ0n) is 14.4. The Kier molecular flexibility index (Phi) is 5.05. The van der Waals surface area contributed by atoms with E-state index in [-0.39, 0.29) is 0 Å². The molecule has 0 aliphatic carbocycles. The van der Waals surface area contributed by atoms with Crippen molar-refractivity contribution in [2.45, 2.75) is 39.9 Å². The molecule has 0 spiro atoms. The third-order valence-corrected chi connectivity index (χ3v) is 3.89. The van der Waals surface area contributed by atoms with E-state index in [1.165, 1.54) is 5.56 Å². The summed E-state index contributed by atoms with van der Waals surface area (Å²) < 4.78 is 7.31. The summed E-state index contributed by atoms with van der Waals surface area (Å²) in [6.45, 7) is 9.04. The average Bonchev–Trinajstić information content (AvgIpc) is 3.26. The zero-order chi connectivity index (χ0) is 16.9. The van der Waals surface area contributed by atoms with Crippen LogP contribution in [0.5, 0.6) is 0 Å². The van der Waals surface area contributed by atoms with Crippen molar-refractivity contribution in [3.63, 3.8) is 0 Å². The highest BCUT2D eigenvalue weighted by atomic mass is 16.3. The van der Waals surface area contributed by atoms with Gasteiger partial charge in [-0.1, -0.05) is 6.92 Å². The molecule has 0 amide bonds. The normalized spacial score (nSPS) is 11.5. The second-order valence-corrected chi connectivity index (χ2v) is 6.12.